The molecule has 2 heterocycles. The molecule has 1 aromatic heterocycles. The molecule has 2 atom stereocenters. The third-order valence-electron chi connectivity index (χ3n) is 2.92. The summed E-state index contributed by atoms with van der Waals surface area (Å²) in [5.74, 6) is 0.622. The van der Waals surface area contributed by atoms with Gasteiger partial charge in [-0.1, -0.05) is 5.10 Å². The van der Waals surface area contributed by atoms with Gasteiger partial charge in [-0.05, 0) is 34.6 Å². The lowest BCUT2D eigenvalue weighted by molar-refractivity contribution is -0.00676. The first kappa shape index (κ1) is 14.3. The van der Waals surface area contributed by atoms with Crippen molar-refractivity contribution in [1.29, 1.82) is 0 Å². The summed E-state index contributed by atoms with van der Waals surface area (Å²) in [6, 6.07) is 0.590. The summed E-state index contributed by atoms with van der Waals surface area (Å²) in [5.41, 5.74) is 0.0383. The molecule has 0 saturated carbocycles. The molecule has 0 spiro atoms. The Hall–Kier alpha value is -1.14. The van der Waals surface area contributed by atoms with E-state index >= 15 is 0 Å². The lowest BCUT2D eigenvalue weighted by atomic mass is 10.1. The van der Waals surface area contributed by atoms with Crippen LogP contribution in [-0.4, -0.2) is 41.0 Å². The van der Waals surface area contributed by atoms with Crippen LogP contribution in [0.3, 0.4) is 0 Å². The first-order valence-electron chi connectivity index (χ1n) is 6.81. The number of ether oxygens (including phenoxy) is 1. The molecule has 0 amide bonds. The highest BCUT2D eigenvalue weighted by Crippen LogP contribution is 2.19. The molecule has 0 radical (unpaired) electrons. The van der Waals surface area contributed by atoms with Gasteiger partial charge >= 0.3 is 6.01 Å². The zero-order valence-electron chi connectivity index (χ0n) is 12.4. The molecule has 1 aliphatic heterocycles. The monoisotopic (exact) mass is 268 g/mol. The van der Waals surface area contributed by atoms with Gasteiger partial charge in [0.1, 0.15) is 0 Å². The maximum absolute atomic E-state index is 5.70. The molecule has 1 saturated heterocycles. The number of hydrogen-bond acceptors (Lipinski definition) is 6. The highest BCUT2D eigenvalue weighted by atomic mass is 16.5. The predicted octanol–water partition coefficient (Wildman–Crippen LogP) is 1.57. The van der Waals surface area contributed by atoms with Crippen LogP contribution in [0.5, 0.6) is 0 Å². The molecule has 6 nitrogen and oxygen atoms in total. The zero-order chi connectivity index (χ0) is 14.0. The molecule has 19 heavy (non-hydrogen) atoms. The second-order valence-corrected chi connectivity index (χ2v) is 6.24. The quantitative estimate of drug-likeness (QED) is 0.898. The van der Waals surface area contributed by atoms with Gasteiger partial charge in [0.25, 0.3) is 0 Å². The van der Waals surface area contributed by atoms with E-state index in [4.69, 9.17) is 9.15 Å². The van der Waals surface area contributed by atoms with Crippen molar-refractivity contribution >= 4 is 6.01 Å². The molecule has 1 aromatic rings. The SMILES string of the molecule is CC1CN(c2nnc(CNC(C)(C)C)o2)CC(C)O1. The van der Waals surface area contributed by atoms with Crippen molar-refractivity contribution in [2.24, 2.45) is 0 Å². The van der Waals surface area contributed by atoms with Crippen molar-refractivity contribution in [2.45, 2.75) is 58.9 Å². The van der Waals surface area contributed by atoms with Crippen LogP contribution in [0.1, 0.15) is 40.5 Å². The van der Waals surface area contributed by atoms with E-state index in [2.05, 4.69) is 55.0 Å². The minimum absolute atomic E-state index is 0.0383. The zero-order valence-corrected chi connectivity index (χ0v) is 12.4. The normalized spacial score (nSPS) is 24.8. The Morgan fingerprint density at radius 3 is 2.42 bits per heavy atom. The second kappa shape index (κ2) is 5.46. The summed E-state index contributed by atoms with van der Waals surface area (Å²) in [5, 5.41) is 11.5. The fourth-order valence-corrected chi connectivity index (χ4v) is 2.12. The maximum atomic E-state index is 5.70. The van der Waals surface area contributed by atoms with E-state index in [-0.39, 0.29) is 17.7 Å². The molecule has 108 valence electrons. The van der Waals surface area contributed by atoms with Crippen LogP contribution in [0.15, 0.2) is 4.42 Å². The first-order valence-corrected chi connectivity index (χ1v) is 6.81. The van der Waals surface area contributed by atoms with Gasteiger partial charge < -0.3 is 19.4 Å². The van der Waals surface area contributed by atoms with Crippen molar-refractivity contribution in [3.05, 3.63) is 5.89 Å². The van der Waals surface area contributed by atoms with E-state index in [0.29, 0.717) is 18.5 Å². The molecular weight excluding hydrogens is 244 g/mol. The average Bonchev–Trinajstić information content (AvgIpc) is 2.72. The van der Waals surface area contributed by atoms with E-state index in [1.807, 2.05) is 0 Å². The minimum Gasteiger partial charge on any atom is -0.407 e. The van der Waals surface area contributed by atoms with Gasteiger partial charge in [0.15, 0.2) is 0 Å². The highest BCUT2D eigenvalue weighted by Gasteiger charge is 2.26. The summed E-state index contributed by atoms with van der Waals surface area (Å²) in [7, 11) is 0. The molecule has 1 fully saturated rings. The standard InChI is InChI=1S/C13H24N4O2/c1-9-7-17(8-10(2)18-9)12-16-15-11(19-12)6-14-13(3,4)5/h9-10,14H,6-8H2,1-5H3. The van der Waals surface area contributed by atoms with E-state index in [1.54, 1.807) is 0 Å². The smallest absolute Gasteiger partial charge is 0.318 e. The van der Waals surface area contributed by atoms with Crippen molar-refractivity contribution in [1.82, 2.24) is 15.5 Å². The molecule has 1 aliphatic rings. The van der Waals surface area contributed by atoms with E-state index in [1.165, 1.54) is 0 Å². The van der Waals surface area contributed by atoms with Gasteiger partial charge in [0.2, 0.25) is 5.89 Å². The molecule has 6 heteroatoms. The molecule has 0 aromatic carbocycles. The topological polar surface area (TPSA) is 63.4 Å². The molecular formula is C13H24N4O2. The van der Waals surface area contributed by atoms with Crippen LogP contribution < -0.4 is 10.2 Å². The Kier molecular flexibility index (Phi) is 4.10. The lowest BCUT2D eigenvalue weighted by Crippen LogP contribution is -2.45. The summed E-state index contributed by atoms with van der Waals surface area (Å²) < 4.78 is 11.4. The summed E-state index contributed by atoms with van der Waals surface area (Å²) >= 11 is 0. The van der Waals surface area contributed by atoms with Crippen molar-refractivity contribution < 1.29 is 9.15 Å². The molecule has 2 unspecified atom stereocenters. The number of nitrogens with zero attached hydrogens (tertiary/aromatic N) is 3. The highest BCUT2D eigenvalue weighted by molar-refractivity contribution is 5.25. The Balaban J connectivity index is 1.96. The average molecular weight is 268 g/mol. The van der Waals surface area contributed by atoms with Gasteiger partial charge in [-0.15, -0.1) is 5.10 Å². The summed E-state index contributed by atoms with van der Waals surface area (Å²) in [6.45, 7) is 12.6. The maximum Gasteiger partial charge on any atom is 0.318 e. The number of hydrogen-bond donors (Lipinski definition) is 1. The fourth-order valence-electron chi connectivity index (χ4n) is 2.12. The Bertz CT molecular complexity index is 403. The van der Waals surface area contributed by atoms with Gasteiger partial charge in [0.05, 0.1) is 18.8 Å². The number of rotatable bonds is 3. The van der Waals surface area contributed by atoms with Gasteiger partial charge in [-0.25, -0.2) is 0 Å². The van der Waals surface area contributed by atoms with Crippen LogP contribution >= 0.6 is 0 Å². The number of aromatic nitrogens is 2. The Morgan fingerprint density at radius 2 is 1.84 bits per heavy atom. The molecule has 0 bridgehead atoms. The molecule has 0 aliphatic carbocycles. The second-order valence-electron chi connectivity index (χ2n) is 6.24. The van der Waals surface area contributed by atoms with Crippen LogP contribution in [0.25, 0.3) is 0 Å². The van der Waals surface area contributed by atoms with Gasteiger partial charge in [-0.3, -0.25) is 0 Å². The fraction of sp³-hybridized carbons (Fsp3) is 0.846. The summed E-state index contributed by atoms with van der Waals surface area (Å²) in [4.78, 5) is 2.09. The van der Waals surface area contributed by atoms with Crippen LogP contribution in [-0.2, 0) is 11.3 Å². The largest absolute Gasteiger partial charge is 0.407 e. The van der Waals surface area contributed by atoms with Gasteiger partial charge in [-0.2, -0.15) is 0 Å². The number of morpholine rings is 1. The molecule has 2 rings (SSSR count). The number of nitrogens with one attached hydrogen (secondary N) is 1. The Morgan fingerprint density at radius 1 is 1.21 bits per heavy atom. The third-order valence-corrected chi connectivity index (χ3v) is 2.92. The van der Waals surface area contributed by atoms with E-state index < -0.39 is 0 Å². The van der Waals surface area contributed by atoms with Crippen LogP contribution in [0.2, 0.25) is 0 Å². The Labute approximate surface area is 114 Å². The minimum atomic E-state index is 0.0383. The molecule has 1 N–H and O–H groups in total. The van der Waals surface area contributed by atoms with Crippen molar-refractivity contribution in [2.75, 3.05) is 18.0 Å². The van der Waals surface area contributed by atoms with Crippen molar-refractivity contribution in [3.8, 4) is 0 Å². The predicted molar refractivity (Wildman–Crippen MR) is 73.1 cm³/mol. The van der Waals surface area contributed by atoms with Crippen molar-refractivity contribution in [3.63, 3.8) is 0 Å². The van der Waals surface area contributed by atoms with Gasteiger partial charge in [0, 0.05) is 18.6 Å². The van der Waals surface area contributed by atoms with Crippen LogP contribution in [0.4, 0.5) is 6.01 Å². The third kappa shape index (κ3) is 4.18. The van der Waals surface area contributed by atoms with E-state index in [0.717, 1.165) is 13.1 Å². The number of anilines is 1. The van der Waals surface area contributed by atoms with Crippen LogP contribution in [0, 0.1) is 0 Å². The first-order chi connectivity index (χ1) is 8.83. The van der Waals surface area contributed by atoms with E-state index in [9.17, 15) is 0 Å². The lowest BCUT2D eigenvalue weighted by Gasteiger charge is -2.33. The summed E-state index contributed by atoms with van der Waals surface area (Å²) in [6.07, 6.45) is 0.374.